The Kier molecular flexibility index (Phi) is 4.67. The Morgan fingerprint density at radius 2 is 1.40 bits per heavy atom. The summed E-state index contributed by atoms with van der Waals surface area (Å²) >= 11 is 0. The Morgan fingerprint density at radius 3 is 1.85 bits per heavy atom. The molecular weight excluding hydrogens is 251 g/mol. The quantitative estimate of drug-likeness (QED) is 0.798. The van der Waals surface area contributed by atoms with E-state index in [2.05, 4.69) is 24.3 Å². The number of rotatable bonds is 5. The largest absolute Gasteiger partial charge is 0.300 e. The average Bonchev–Trinajstić information content (AvgIpc) is 2.42. The molecule has 0 aliphatic heterocycles. The fraction of sp³-hybridized carbons (Fsp3) is 0.278. The highest BCUT2D eigenvalue weighted by Crippen LogP contribution is 2.17. The lowest BCUT2D eigenvalue weighted by Crippen LogP contribution is -2.17. The van der Waals surface area contributed by atoms with Crippen LogP contribution in [-0.2, 0) is 17.6 Å². The van der Waals surface area contributed by atoms with Gasteiger partial charge in [-0.15, -0.1) is 0 Å². The van der Waals surface area contributed by atoms with Gasteiger partial charge in [0.05, 0.1) is 0 Å². The zero-order chi connectivity index (χ0) is 14.5. The molecule has 2 aromatic rings. The molecule has 0 saturated heterocycles. The Labute approximate surface area is 119 Å². The van der Waals surface area contributed by atoms with Gasteiger partial charge in [-0.2, -0.15) is 0 Å². The summed E-state index contributed by atoms with van der Waals surface area (Å²) in [5.74, 6) is -0.121. The minimum Gasteiger partial charge on any atom is -0.300 e. The van der Waals surface area contributed by atoms with Gasteiger partial charge in [-0.05, 0) is 49.9 Å². The summed E-state index contributed by atoms with van der Waals surface area (Å²) in [6.07, 6.45) is 1.39. The fourth-order valence-electron chi connectivity index (χ4n) is 2.27. The SMILES string of the molecule is CC(=O)C(Cc1ccc(C)cc1)Cc1ccc(F)cc1. The Hall–Kier alpha value is -1.96. The van der Waals surface area contributed by atoms with Crippen molar-refractivity contribution in [3.05, 3.63) is 71.0 Å². The first kappa shape index (κ1) is 14.4. The third-order valence-electron chi connectivity index (χ3n) is 3.57. The summed E-state index contributed by atoms with van der Waals surface area (Å²) in [4.78, 5) is 11.8. The molecule has 0 amide bonds. The molecule has 0 aliphatic rings. The van der Waals surface area contributed by atoms with Crippen molar-refractivity contribution in [2.75, 3.05) is 0 Å². The summed E-state index contributed by atoms with van der Waals surface area (Å²) in [6, 6.07) is 14.6. The molecule has 0 bridgehead atoms. The third kappa shape index (κ3) is 4.02. The highest BCUT2D eigenvalue weighted by Gasteiger charge is 2.15. The van der Waals surface area contributed by atoms with Crippen LogP contribution in [0.1, 0.15) is 23.6 Å². The maximum absolute atomic E-state index is 12.9. The molecular formula is C18H19FO. The molecule has 1 unspecified atom stereocenters. The van der Waals surface area contributed by atoms with Gasteiger partial charge >= 0.3 is 0 Å². The van der Waals surface area contributed by atoms with Crippen LogP contribution >= 0.6 is 0 Å². The summed E-state index contributed by atoms with van der Waals surface area (Å²) in [7, 11) is 0. The van der Waals surface area contributed by atoms with Gasteiger partial charge in [0.1, 0.15) is 11.6 Å². The molecule has 0 radical (unpaired) electrons. The minimum absolute atomic E-state index is 0.0526. The van der Waals surface area contributed by atoms with E-state index < -0.39 is 0 Å². The molecule has 2 aromatic carbocycles. The molecule has 0 spiro atoms. The topological polar surface area (TPSA) is 17.1 Å². The minimum atomic E-state index is -0.244. The molecule has 0 aliphatic carbocycles. The second-order valence-electron chi connectivity index (χ2n) is 5.33. The first-order valence-corrected chi connectivity index (χ1v) is 6.85. The normalized spacial score (nSPS) is 12.2. The number of ketones is 1. The standard InChI is InChI=1S/C18H19FO/c1-13-3-5-15(6-4-13)11-17(14(2)20)12-16-7-9-18(19)10-8-16/h3-10,17H,11-12H2,1-2H3. The number of Topliss-reactive ketones (excluding diaryl/α,β-unsaturated/α-hetero) is 1. The van der Waals surface area contributed by atoms with Crippen LogP contribution in [-0.4, -0.2) is 5.78 Å². The number of aryl methyl sites for hydroxylation is 1. The van der Waals surface area contributed by atoms with Gasteiger partial charge in [-0.3, -0.25) is 4.79 Å². The lowest BCUT2D eigenvalue weighted by Gasteiger charge is -2.14. The Morgan fingerprint density at radius 1 is 0.950 bits per heavy atom. The molecule has 1 nitrogen and oxygen atoms in total. The van der Waals surface area contributed by atoms with E-state index in [9.17, 15) is 9.18 Å². The lowest BCUT2D eigenvalue weighted by molar-refractivity contribution is -0.120. The van der Waals surface area contributed by atoms with Crippen molar-refractivity contribution in [1.29, 1.82) is 0 Å². The lowest BCUT2D eigenvalue weighted by atomic mass is 9.89. The van der Waals surface area contributed by atoms with E-state index in [0.717, 1.165) is 17.5 Å². The van der Waals surface area contributed by atoms with Crippen LogP contribution in [0.5, 0.6) is 0 Å². The zero-order valence-corrected chi connectivity index (χ0v) is 11.9. The van der Waals surface area contributed by atoms with Gasteiger partial charge in [-0.1, -0.05) is 42.0 Å². The Bertz CT molecular complexity index is 522. The number of hydrogen-bond donors (Lipinski definition) is 0. The van der Waals surface area contributed by atoms with E-state index in [0.29, 0.717) is 6.42 Å². The van der Waals surface area contributed by atoms with E-state index in [4.69, 9.17) is 0 Å². The molecule has 104 valence electrons. The summed E-state index contributed by atoms with van der Waals surface area (Å²) in [6.45, 7) is 3.67. The van der Waals surface area contributed by atoms with Crippen LogP contribution in [0.2, 0.25) is 0 Å². The van der Waals surface area contributed by atoms with Crippen molar-refractivity contribution in [1.82, 2.24) is 0 Å². The van der Waals surface area contributed by atoms with Crippen LogP contribution in [0, 0.1) is 18.7 Å². The molecule has 2 heteroatoms. The van der Waals surface area contributed by atoms with Gasteiger partial charge in [0.15, 0.2) is 0 Å². The van der Waals surface area contributed by atoms with E-state index in [-0.39, 0.29) is 17.5 Å². The number of carbonyl (C=O) groups is 1. The van der Waals surface area contributed by atoms with Gasteiger partial charge < -0.3 is 0 Å². The van der Waals surface area contributed by atoms with E-state index in [1.165, 1.54) is 17.7 Å². The maximum Gasteiger partial charge on any atom is 0.133 e. The van der Waals surface area contributed by atoms with Crippen LogP contribution in [0.3, 0.4) is 0 Å². The predicted octanol–water partition coefficient (Wildman–Crippen LogP) is 4.12. The van der Waals surface area contributed by atoms with Gasteiger partial charge in [0.2, 0.25) is 0 Å². The number of halogens is 1. The molecule has 0 N–H and O–H groups in total. The van der Waals surface area contributed by atoms with Gasteiger partial charge in [0.25, 0.3) is 0 Å². The van der Waals surface area contributed by atoms with Crippen molar-refractivity contribution >= 4 is 5.78 Å². The molecule has 0 heterocycles. The maximum atomic E-state index is 12.9. The fourth-order valence-corrected chi connectivity index (χ4v) is 2.27. The van der Waals surface area contributed by atoms with Crippen LogP contribution < -0.4 is 0 Å². The van der Waals surface area contributed by atoms with Crippen LogP contribution in [0.25, 0.3) is 0 Å². The van der Waals surface area contributed by atoms with Crippen LogP contribution in [0.4, 0.5) is 4.39 Å². The highest BCUT2D eigenvalue weighted by molar-refractivity contribution is 5.78. The second kappa shape index (κ2) is 6.47. The van der Waals surface area contributed by atoms with Crippen molar-refractivity contribution in [3.63, 3.8) is 0 Å². The van der Waals surface area contributed by atoms with Crippen molar-refractivity contribution in [3.8, 4) is 0 Å². The van der Waals surface area contributed by atoms with E-state index in [1.54, 1.807) is 19.1 Å². The highest BCUT2D eigenvalue weighted by atomic mass is 19.1. The molecule has 2 rings (SSSR count). The molecule has 0 aromatic heterocycles. The zero-order valence-electron chi connectivity index (χ0n) is 11.9. The van der Waals surface area contributed by atoms with Crippen molar-refractivity contribution in [2.24, 2.45) is 5.92 Å². The monoisotopic (exact) mass is 270 g/mol. The number of hydrogen-bond acceptors (Lipinski definition) is 1. The Balaban J connectivity index is 2.09. The molecule has 0 saturated carbocycles. The molecule has 0 fully saturated rings. The number of benzene rings is 2. The van der Waals surface area contributed by atoms with Crippen molar-refractivity contribution < 1.29 is 9.18 Å². The first-order valence-electron chi connectivity index (χ1n) is 6.85. The van der Waals surface area contributed by atoms with Gasteiger partial charge in [-0.25, -0.2) is 4.39 Å². The number of carbonyl (C=O) groups excluding carboxylic acids is 1. The summed E-state index contributed by atoms with van der Waals surface area (Å²) < 4.78 is 12.9. The smallest absolute Gasteiger partial charge is 0.133 e. The van der Waals surface area contributed by atoms with Crippen LogP contribution in [0.15, 0.2) is 48.5 Å². The average molecular weight is 270 g/mol. The van der Waals surface area contributed by atoms with Gasteiger partial charge in [0, 0.05) is 5.92 Å². The molecule has 20 heavy (non-hydrogen) atoms. The summed E-state index contributed by atoms with van der Waals surface area (Å²) in [5, 5.41) is 0. The first-order chi connectivity index (χ1) is 9.54. The third-order valence-corrected chi connectivity index (χ3v) is 3.57. The van der Waals surface area contributed by atoms with E-state index in [1.807, 2.05) is 6.92 Å². The van der Waals surface area contributed by atoms with Crippen molar-refractivity contribution in [2.45, 2.75) is 26.7 Å². The summed E-state index contributed by atoms with van der Waals surface area (Å²) in [5.41, 5.74) is 3.38. The molecule has 1 atom stereocenters. The second-order valence-corrected chi connectivity index (χ2v) is 5.33. The van der Waals surface area contributed by atoms with E-state index >= 15 is 0 Å². The predicted molar refractivity (Wildman–Crippen MR) is 79.2 cm³/mol.